The average Bonchev–Trinajstić information content (AvgIpc) is 3.01. The molecule has 1 N–H and O–H groups in total. The third-order valence-corrected chi connectivity index (χ3v) is 3.57. The van der Waals surface area contributed by atoms with E-state index >= 15 is 0 Å². The molecule has 1 atom stereocenters. The van der Waals surface area contributed by atoms with Crippen LogP contribution < -0.4 is 14.8 Å². The number of amides is 1. The van der Waals surface area contributed by atoms with Gasteiger partial charge in [0, 0.05) is 6.07 Å². The van der Waals surface area contributed by atoms with Crippen molar-refractivity contribution in [2.24, 2.45) is 0 Å². The van der Waals surface area contributed by atoms with E-state index in [1.54, 1.807) is 19.9 Å². The van der Waals surface area contributed by atoms with Gasteiger partial charge in [0.05, 0.1) is 24.3 Å². The van der Waals surface area contributed by atoms with Gasteiger partial charge in [-0.2, -0.15) is 0 Å². The lowest BCUT2D eigenvalue weighted by Crippen LogP contribution is -2.30. The maximum absolute atomic E-state index is 12.3. The molecule has 26 heavy (non-hydrogen) atoms. The van der Waals surface area contributed by atoms with Crippen molar-refractivity contribution in [1.29, 1.82) is 0 Å². The van der Waals surface area contributed by atoms with E-state index in [0.717, 1.165) is 0 Å². The summed E-state index contributed by atoms with van der Waals surface area (Å²) in [5, 5.41) is 6.33. The van der Waals surface area contributed by atoms with Gasteiger partial charge in [-0.05, 0) is 32.9 Å². The van der Waals surface area contributed by atoms with Gasteiger partial charge in [0.2, 0.25) is 0 Å². The van der Waals surface area contributed by atoms with Crippen LogP contribution in [-0.4, -0.2) is 36.9 Å². The molecule has 0 bridgehead atoms. The Labute approximate surface area is 155 Å². The van der Waals surface area contributed by atoms with Crippen molar-refractivity contribution in [2.75, 3.05) is 19.0 Å². The van der Waals surface area contributed by atoms with Gasteiger partial charge in [-0.3, -0.25) is 4.79 Å². The number of aromatic nitrogens is 1. The number of esters is 1. The number of anilines is 1. The second-order valence-electron chi connectivity index (χ2n) is 5.28. The van der Waals surface area contributed by atoms with Gasteiger partial charge in [-0.25, -0.2) is 4.79 Å². The molecule has 9 heteroatoms. The summed E-state index contributed by atoms with van der Waals surface area (Å²) in [6.07, 6.45) is -1.06. The quantitative estimate of drug-likeness (QED) is 0.733. The van der Waals surface area contributed by atoms with Gasteiger partial charge in [-0.15, -0.1) is 0 Å². The second-order valence-corrected chi connectivity index (χ2v) is 5.69. The first-order chi connectivity index (χ1) is 12.3. The van der Waals surface area contributed by atoms with E-state index in [-0.39, 0.29) is 16.4 Å². The molecule has 1 aromatic carbocycles. The molecule has 0 unspecified atom stereocenters. The number of nitrogens with zero attached hydrogens (tertiary/aromatic N) is 1. The number of carbonyl (C=O) groups is 2. The summed E-state index contributed by atoms with van der Waals surface area (Å²) >= 11 is 6.13. The van der Waals surface area contributed by atoms with Crippen LogP contribution in [0.25, 0.3) is 0 Å². The van der Waals surface area contributed by atoms with E-state index < -0.39 is 18.0 Å². The molecule has 2 aromatic rings. The van der Waals surface area contributed by atoms with E-state index in [0.29, 0.717) is 23.9 Å². The Morgan fingerprint density at radius 3 is 2.65 bits per heavy atom. The summed E-state index contributed by atoms with van der Waals surface area (Å²) in [7, 11) is 1.43. The summed E-state index contributed by atoms with van der Waals surface area (Å²) in [5.41, 5.74) is 0.132. The maximum atomic E-state index is 12.3. The van der Waals surface area contributed by atoms with E-state index in [9.17, 15) is 9.59 Å². The predicted octanol–water partition coefficient (Wildman–Crippen LogP) is 3.23. The van der Waals surface area contributed by atoms with Crippen LogP contribution in [0, 0.1) is 6.92 Å². The Hall–Kier alpha value is -2.74. The number of carbonyl (C=O) groups excluding carboxylic acids is 2. The fourth-order valence-corrected chi connectivity index (χ4v) is 2.32. The topological polar surface area (TPSA) is 99.9 Å². The number of aryl methyl sites for hydroxylation is 1. The fourth-order valence-electron chi connectivity index (χ4n) is 2.06. The van der Waals surface area contributed by atoms with Crippen molar-refractivity contribution >= 4 is 29.3 Å². The highest BCUT2D eigenvalue weighted by Crippen LogP contribution is 2.36. The van der Waals surface area contributed by atoms with Crippen molar-refractivity contribution in [2.45, 2.75) is 26.9 Å². The lowest BCUT2D eigenvalue weighted by Gasteiger charge is -2.15. The molecule has 0 radical (unpaired) electrons. The summed E-state index contributed by atoms with van der Waals surface area (Å²) in [4.78, 5) is 24.4. The first-order valence-corrected chi connectivity index (χ1v) is 8.19. The lowest BCUT2D eigenvalue weighted by molar-refractivity contribution is -0.123. The third kappa shape index (κ3) is 4.66. The van der Waals surface area contributed by atoms with Crippen LogP contribution in [-0.2, 0) is 9.53 Å². The van der Waals surface area contributed by atoms with Gasteiger partial charge in [0.15, 0.2) is 23.4 Å². The number of nitrogens with one attached hydrogen (secondary N) is 1. The van der Waals surface area contributed by atoms with Gasteiger partial charge in [0.25, 0.3) is 5.91 Å². The number of halogens is 1. The Morgan fingerprint density at radius 2 is 2.08 bits per heavy atom. The van der Waals surface area contributed by atoms with Crippen LogP contribution in [0.3, 0.4) is 0 Å². The third-order valence-electron chi connectivity index (χ3n) is 3.29. The van der Waals surface area contributed by atoms with Gasteiger partial charge < -0.3 is 24.1 Å². The molecule has 0 aliphatic carbocycles. The summed E-state index contributed by atoms with van der Waals surface area (Å²) in [5.74, 6) is 0.131. The zero-order chi connectivity index (χ0) is 19.3. The zero-order valence-electron chi connectivity index (χ0n) is 14.8. The van der Waals surface area contributed by atoms with Crippen molar-refractivity contribution in [3.05, 3.63) is 34.5 Å². The van der Waals surface area contributed by atoms with Crippen LogP contribution in [0.5, 0.6) is 11.5 Å². The molecule has 1 aromatic heterocycles. The highest BCUT2D eigenvalue weighted by Gasteiger charge is 2.22. The van der Waals surface area contributed by atoms with E-state index in [4.69, 9.17) is 30.3 Å². The number of ether oxygens (including phenoxy) is 3. The van der Waals surface area contributed by atoms with Crippen molar-refractivity contribution in [1.82, 2.24) is 5.16 Å². The summed E-state index contributed by atoms with van der Waals surface area (Å²) in [6.45, 7) is 5.32. The first-order valence-electron chi connectivity index (χ1n) is 7.81. The van der Waals surface area contributed by atoms with Crippen LogP contribution in [0.15, 0.2) is 22.7 Å². The number of hydrogen-bond acceptors (Lipinski definition) is 7. The van der Waals surface area contributed by atoms with Crippen molar-refractivity contribution < 1.29 is 28.3 Å². The minimum Gasteiger partial charge on any atom is -0.493 e. The molecular formula is C17H19ClN2O6. The molecule has 0 saturated heterocycles. The molecule has 1 heterocycles. The zero-order valence-corrected chi connectivity index (χ0v) is 15.5. The largest absolute Gasteiger partial charge is 0.493 e. The minimum atomic E-state index is -1.06. The number of rotatable bonds is 7. The molecule has 8 nitrogen and oxygen atoms in total. The maximum Gasteiger partial charge on any atom is 0.339 e. The Kier molecular flexibility index (Phi) is 6.46. The Balaban J connectivity index is 2.08. The highest BCUT2D eigenvalue weighted by atomic mass is 35.5. The van der Waals surface area contributed by atoms with E-state index in [1.165, 1.54) is 26.2 Å². The van der Waals surface area contributed by atoms with Crippen LogP contribution >= 0.6 is 11.6 Å². The van der Waals surface area contributed by atoms with Gasteiger partial charge >= 0.3 is 5.97 Å². The molecule has 2 rings (SSSR count). The van der Waals surface area contributed by atoms with Gasteiger partial charge in [0.1, 0.15) is 5.76 Å². The number of benzene rings is 1. The van der Waals surface area contributed by atoms with Crippen molar-refractivity contribution in [3.8, 4) is 11.5 Å². The molecule has 0 aliphatic rings. The minimum absolute atomic E-state index is 0.132. The molecule has 0 spiro atoms. The van der Waals surface area contributed by atoms with E-state index in [2.05, 4.69) is 10.5 Å². The smallest absolute Gasteiger partial charge is 0.339 e. The lowest BCUT2D eigenvalue weighted by atomic mass is 10.2. The average molecular weight is 383 g/mol. The summed E-state index contributed by atoms with van der Waals surface area (Å²) < 4.78 is 20.6. The second kappa shape index (κ2) is 8.57. The monoisotopic (exact) mass is 382 g/mol. The molecule has 0 fully saturated rings. The van der Waals surface area contributed by atoms with Crippen LogP contribution in [0.2, 0.25) is 5.02 Å². The fraction of sp³-hybridized carbons (Fsp3) is 0.353. The molecule has 140 valence electrons. The van der Waals surface area contributed by atoms with Crippen LogP contribution in [0.4, 0.5) is 5.82 Å². The Bertz CT molecular complexity index is 805. The predicted molar refractivity (Wildman–Crippen MR) is 93.9 cm³/mol. The van der Waals surface area contributed by atoms with Gasteiger partial charge in [-0.1, -0.05) is 16.8 Å². The van der Waals surface area contributed by atoms with Crippen LogP contribution in [0.1, 0.15) is 30.0 Å². The molecular weight excluding hydrogens is 364 g/mol. The molecule has 0 saturated carbocycles. The summed E-state index contributed by atoms with van der Waals surface area (Å²) in [6, 6.07) is 4.37. The molecule has 0 aliphatic heterocycles. The number of hydrogen-bond donors (Lipinski definition) is 1. The normalized spacial score (nSPS) is 11.6. The molecule has 1 amide bonds. The highest BCUT2D eigenvalue weighted by molar-refractivity contribution is 6.32. The first kappa shape index (κ1) is 19.6. The number of methoxy groups -OCH3 is 1. The van der Waals surface area contributed by atoms with Crippen molar-refractivity contribution in [3.63, 3.8) is 0 Å². The SMILES string of the molecule is CCOc1c(Cl)cc(C(=O)O[C@H](C)C(=O)Nc2cc(C)on2)cc1OC. The Morgan fingerprint density at radius 1 is 1.35 bits per heavy atom. The van der Waals surface area contributed by atoms with E-state index in [1.807, 2.05) is 0 Å². The standard InChI is InChI=1S/C17H19ClN2O6/c1-5-24-15-12(18)7-11(8-13(15)23-4)17(22)25-10(3)16(21)19-14-6-9(2)26-20-14/h6-8,10H,5H2,1-4H3,(H,19,20,21)/t10-/m1/s1.